The summed E-state index contributed by atoms with van der Waals surface area (Å²) in [6.07, 6.45) is 0. The fraction of sp³-hybridized carbons (Fsp3) is 0.231. The number of aromatic nitrogens is 1. The lowest BCUT2D eigenvalue weighted by molar-refractivity contribution is -0.143. The van der Waals surface area contributed by atoms with Gasteiger partial charge >= 0.3 is 11.9 Å². The van der Waals surface area contributed by atoms with Crippen LogP contribution in [0, 0.1) is 5.92 Å². The Bertz CT molecular complexity index is 1340. The highest BCUT2D eigenvalue weighted by molar-refractivity contribution is 7.14. The highest BCUT2D eigenvalue weighted by atomic mass is 32.1. The van der Waals surface area contributed by atoms with E-state index in [4.69, 9.17) is 9.47 Å². The van der Waals surface area contributed by atoms with Gasteiger partial charge in [-0.05, 0) is 37.6 Å². The van der Waals surface area contributed by atoms with Gasteiger partial charge in [-0.25, -0.2) is 9.78 Å². The number of allylic oxidation sites excluding steroid dienone is 1. The highest BCUT2D eigenvalue weighted by Crippen LogP contribution is 2.43. The van der Waals surface area contributed by atoms with E-state index in [1.54, 1.807) is 32.0 Å². The molecule has 0 saturated carbocycles. The van der Waals surface area contributed by atoms with E-state index < -0.39 is 23.8 Å². The van der Waals surface area contributed by atoms with Crippen LogP contribution >= 0.6 is 11.3 Å². The van der Waals surface area contributed by atoms with Gasteiger partial charge in [-0.15, -0.1) is 11.3 Å². The van der Waals surface area contributed by atoms with Gasteiger partial charge in [-0.1, -0.05) is 30.3 Å². The molecule has 3 aromatic rings. The van der Waals surface area contributed by atoms with Crippen molar-refractivity contribution in [2.75, 3.05) is 19.5 Å². The van der Waals surface area contributed by atoms with Gasteiger partial charge in [0.15, 0.2) is 5.13 Å². The maximum absolute atomic E-state index is 12.9. The Morgan fingerprint density at radius 2 is 1.74 bits per heavy atom. The number of esters is 2. The lowest BCUT2D eigenvalue weighted by Gasteiger charge is -2.32. The van der Waals surface area contributed by atoms with E-state index in [0.29, 0.717) is 44.6 Å². The normalized spacial score (nSPS) is 17.5. The molecule has 2 N–H and O–H groups in total. The Balaban J connectivity index is 1.78. The number of ether oxygens (including phenoxy) is 2. The molecule has 1 aliphatic rings. The van der Waals surface area contributed by atoms with Crippen molar-refractivity contribution in [1.82, 2.24) is 4.98 Å². The molecule has 8 nitrogen and oxygen atoms in total. The molecule has 2 atom stereocenters. The molecule has 0 bridgehead atoms. The first kappa shape index (κ1) is 24.2. The van der Waals surface area contributed by atoms with Crippen molar-refractivity contribution in [3.8, 4) is 17.0 Å². The molecule has 2 unspecified atom stereocenters. The summed E-state index contributed by atoms with van der Waals surface area (Å²) >= 11 is 1.38. The monoisotopic (exact) mass is 491 g/mol. The van der Waals surface area contributed by atoms with Gasteiger partial charge in [0.2, 0.25) is 0 Å². The number of anilines is 2. The number of phenolic OH excluding ortho intramolecular Hbond substituents is 1. The molecular formula is C26H25N3O5S. The summed E-state index contributed by atoms with van der Waals surface area (Å²) in [6, 6.07) is 14.4. The van der Waals surface area contributed by atoms with Crippen LogP contribution < -0.4 is 5.32 Å². The molecule has 0 aliphatic carbocycles. The third kappa shape index (κ3) is 4.67. The minimum Gasteiger partial charge on any atom is -0.507 e. The third-order valence-corrected chi connectivity index (χ3v) is 6.67. The van der Waals surface area contributed by atoms with Crippen molar-refractivity contribution in [3.05, 3.63) is 70.7 Å². The molecular weight excluding hydrogens is 466 g/mol. The summed E-state index contributed by atoms with van der Waals surface area (Å²) in [5.41, 5.74) is 3.98. The first-order chi connectivity index (χ1) is 16.8. The number of methoxy groups -OCH3 is 2. The largest absolute Gasteiger partial charge is 0.507 e. The Labute approximate surface area is 207 Å². The molecule has 0 saturated heterocycles. The van der Waals surface area contributed by atoms with Crippen molar-refractivity contribution in [3.63, 3.8) is 0 Å². The number of aromatic hydroxyl groups is 1. The molecule has 9 heteroatoms. The van der Waals surface area contributed by atoms with Crippen LogP contribution in [0.3, 0.4) is 0 Å². The lowest BCUT2D eigenvalue weighted by atomic mass is 9.75. The number of nitrogens with one attached hydrogen (secondary N) is 1. The Morgan fingerprint density at radius 1 is 1.03 bits per heavy atom. The Kier molecular flexibility index (Phi) is 6.97. The number of thiazole rings is 1. The zero-order valence-corrected chi connectivity index (χ0v) is 20.6. The van der Waals surface area contributed by atoms with Gasteiger partial charge in [0.05, 0.1) is 25.5 Å². The summed E-state index contributed by atoms with van der Waals surface area (Å²) in [6.45, 7) is 3.48. The fourth-order valence-electron chi connectivity index (χ4n) is 4.32. The van der Waals surface area contributed by atoms with Gasteiger partial charge in [0, 0.05) is 34.0 Å². The zero-order chi connectivity index (χ0) is 25.1. The lowest BCUT2D eigenvalue weighted by Crippen LogP contribution is -2.36. The van der Waals surface area contributed by atoms with E-state index in [9.17, 15) is 14.7 Å². The van der Waals surface area contributed by atoms with Crippen LogP contribution in [-0.2, 0) is 19.1 Å². The summed E-state index contributed by atoms with van der Waals surface area (Å²) in [5.74, 6) is -2.37. The van der Waals surface area contributed by atoms with Crippen LogP contribution in [0.25, 0.3) is 11.3 Å². The van der Waals surface area contributed by atoms with Gasteiger partial charge in [0.1, 0.15) is 11.7 Å². The first-order valence-electron chi connectivity index (χ1n) is 10.9. The summed E-state index contributed by atoms with van der Waals surface area (Å²) < 4.78 is 10.1. The second-order valence-corrected chi connectivity index (χ2v) is 8.85. The SMILES string of the molecule is COC(=O)C1=C(C)N=C(C)C(C(=O)OC)C1c1ccccc1Nc1nc(-c2ccccc2O)cs1. The van der Waals surface area contributed by atoms with Crippen LogP contribution in [-0.4, -0.2) is 42.0 Å². The molecule has 0 spiro atoms. The van der Waals surface area contributed by atoms with E-state index in [1.807, 2.05) is 35.7 Å². The quantitative estimate of drug-likeness (QED) is 0.464. The summed E-state index contributed by atoms with van der Waals surface area (Å²) in [4.78, 5) is 34.8. The fourth-order valence-corrected chi connectivity index (χ4v) is 5.05. The molecule has 4 rings (SSSR count). The van der Waals surface area contributed by atoms with Crippen LogP contribution in [0.2, 0.25) is 0 Å². The summed E-state index contributed by atoms with van der Waals surface area (Å²) in [5, 5.41) is 15.9. The number of benzene rings is 2. The molecule has 0 fully saturated rings. The standard InChI is InChI=1S/C26H25N3O5S/c1-14-21(24(31)33-3)23(22(15(2)27-14)25(32)34-4)17-10-5-7-11-18(17)28-26-29-19(13-35-26)16-9-6-8-12-20(16)30/h5-13,21,23,30H,1-4H3,(H,28,29). The number of hydrogen-bond acceptors (Lipinski definition) is 9. The third-order valence-electron chi connectivity index (χ3n) is 5.91. The second-order valence-electron chi connectivity index (χ2n) is 7.99. The van der Waals surface area contributed by atoms with Crippen molar-refractivity contribution >= 4 is 39.8 Å². The Hall–Kier alpha value is -3.98. The highest BCUT2D eigenvalue weighted by Gasteiger charge is 2.43. The van der Waals surface area contributed by atoms with Crippen molar-refractivity contribution in [2.24, 2.45) is 10.9 Å². The van der Waals surface area contributed by atoms with Crippen LogP contribution in [0.4, 0.5) is 10.8 Å². The Morgan fingerprint density at radius 3 is 2.46 bits per heavy atom. The molecule has 0 radical (unpaired) electrons. The minimum atomic E-state index is -0.797. The van der Waals surface area contributed by atoms with E-state index in [1.165, 1.54) is 25.6 Å². The minimum absolute atomic E-state index is 0.144. The predicted molar refractivity (Wildman–Crippen MR) is 135 cm³/mol. The average molecular weight is 492 g/mol. The number of hydrogen-bond donors (Lipinski definition) is 2. The molecule has 1 aliphatic heterocycles. The van der Waals surface area contributed by atoms with E-state index >= 15 is 0 Å². The van der Waals surface area contributed by atoms with Crippen LogP contribution in [0.5, 0.6) is 5.75 Å². The van der Waals surface area contributed by atoms with Crippen molar-refractivity contribution < 1.29 is 24.2 Å². The number of carbonyl (C=O) groups excluding carboxylic acids is 2. The number of carbonyl (C=O) groups is 2. The molecule has 1 aromatic heterocycles. The number of para-hydroxylation sites is 2. The number of phenols is 1. The summed E-state index contributed by atoms with van der Waals surface area (Å²) in [7, 11) is 2.62. The molecule has 0 amide bonds. The van der Waals surface area contributed by atoms with Gasteiger partial charge in [-0.3, -0.25) is 9.79 Å². The second kappa shape index (κ2) is 10.1. The van der Waals surface area contributed by atoms with Crippen molar-refractivity contribution in [1.29, 1.82) is 0 Å². The first-order valence-corrected chi connectivity index (χ1v) is 11.8. The van der Waals surface area contributed by atoms with Crippen LogP contribution in [0.1, 0.15) is 25.3 Å². The van der Waals surface area contributed by atoms with Crippen molar-refractivity contribution in [2.45, 2.75) is 19.8 Å². The number of nitrogens with zero attached hydrogens (tertiary/aromatic N) is 2. The number of aliphatic imine (C=N–C) groups is 1. The molecule has 180 valence electrons. The average Bonchev–Trinajstić information content (AvgIpc) is 3.31. The predicted octanol–water partition coefficient (Wildman–Crippen LogP) is 5.05. The van der Waals surface area contributed by atoms with E-state index in [2.05, 4.69) is 15.3 Å². The maximum Gasteiger partial charge on any atom is 0.336 e. The molecule has 35 heavy (non-hydrogen) atoms. The zero-order valence-electron chi connectivity index (χ0n) is 19.7. The van der Waals surface area contributed by atoms with Gasteiger partial charge in [-0.2, -0.15) is 0 Å². The number of rotatable bonds is 6. The van der Waals surface area contributed by atoms with E-state index in [0.717, 1.165) is 0 Å². The van der Waals surface area contributed by atoms with E-state index in [-0.39, 0.29) is 5.75 Å². The van der Waals surface area contributed by atoms with Crippen LogP contribution in [0.15, 0.2) is 70.2 Å². The maximum atomic E-state index is 12.9. The topological polar surface area (TPSA) is 110 Å². The van der Waals surface area contributed by atoms with Gasteiger partial charge < -0.3 is 19.9 Å². The van der Waals surface area contributed by atoms with Gasteiger partial charge in [0.25, 0.3) is 0 Å². The smallest absolute Gasteiger partial charge is 0.336 e. The molecule has 2 aromatic carbocycles. The molecule has 2 heterocycles.